The Kier molecular flexibility index (Phi) is 4.73. The maximum atomic E-state index is 11.5. The van der Waals surface area contributed by atoms with Gasteiger partial charge in [-0.25, -0.2) is 0 Å². The number of rotatable bonds is 4. The molecule has 1 saturated carbocycles. The molecule has 0 saturated heterocycles. The summed E-state index contributed by atoms with van der Waals surface area (Å²) in [5, 5.41) is 11.7. The molecule has 0 radical (unpaired) electrons. The van der Waals surface area contributed by atoms with Gasteiger partial charge in [-0.2, -0.15) is 0 Å². The van der Waals surface area contributed by atoms with E-state index in [0.717, 1.165) is 12.8 Å². The van der Waals surface area contributed by atoms with E-state index in [-0.39, 0.29) is 17.9 Å². The van der Waals surface area contributed by atoms with Crippen molar-refractivity contribution in [3.63, 3.8) is 0 Å². The third kappa shape index (κ3) is 3.48. The van der Waals surface area contributed by atoms with E-state index in [1.807, 2.05) is 6.92 Å². The van der Waals surface area contributed by atoms with Gasteiger partial charge < -0.3 is 16.2 Å². The Bertz CT molecular complexity index is 260. The van der Waals surface area contributed by atoms with Crippen LogP contribution in [0.1, 0.15) is 39.0 Å². The van der Waals surface area contributed by atoms with Gasteiger partial charge in [0.05, 0.1) is 12.0 Å². The first kappa shape index (κ1) is 13.0. The highest BCUT2D eigenvalue weighted by Crippen LogP contribution is 2.24. The summed E-state index contributed by atoms with van der Waals surface area (Å²) < 4.78 is 0. The average Bonchev–Trinajstić information content (AvgIpc) is 2.28. The fourth-order valence-electron chi connectivity index (χ4n) is 1.98. The van der Waals surface area contributed by atoms with E-state index in [4.69, 9.17) is 10.8 Å². The quantitative estimate of drug-likeness (QED) is 0.652. The van der Waals surface area contributed by atoms with Crippen LogP contribution in [0.15, 0.2) is 0 Å². The lowest BCUT2D eigenvalue weighted by Gasteiger charge is -2.27. The van der Waals surface area contributed by atoms with E-state index in [1.165, 1.54) is 0 Å². The first-order valence-corrected chi connectivity index (χ1v) is 5.83. The lowest BCUT2D eigenvalue weighted by molar-refractivity contribution is -0.142. The second-order valence-corrected chi connectivity index (χ2v) is 4.41. The highest BCUT2D eigenvalue weighted by atomic mass is 16.4. The third-order valence-corrected chi connectivity index (χ3v) is 3.20. The number of nitrogens with one attached hydrogen (secondary N) is 1. The van der Waals surface area contributed by atoms with Gasteiger partial charge in [0, 0.05) is 6.04 Å². The Morgan fingerprint density at radius 1 is 1.38 bits per heavy atom. The van der Waals surface area contributed by atoms with Crippen LogP contribution in [0.3, 0.4) is 0 Å². The zero-order valence-electron chi connectivity index (χ0n) is 9.61. The Labute approximate surface area is 95.4 Å². The van der Waals surface area contributed by atoms with Crippen LogP contribution >= 0.6 is 0 Å². The molecular weight excluding hydrogens is 208 g/mol. The van der Waals surface area contributed by atoms with Crippen LogP contribution in [0, 0.1) is 5.92 Å². The molecule has 0 aliphatic heterocycles. The molecule has 0 bridgehead atoms. The lowest BCUT2D eigenvalue weighted by atomic mass is 9.86. The maximum absolute atomic E-state index is 11.5. The summed E-state index contributed by atoms with van der Waals surface area (Å²) in [4.78, 5) is 22.2. The molecule has 0 unspecified atom stereocenters. The van der Waals surface area contributed by atoms with Gasteiger partial charge in [0.25, 0.3) is 0 Å². The third-order valence-electron chi connectivity index (χ3n) is 3.20. The van der Waals surface area contributed by atoms with E-state index < -0.39 is 12.0 Å². The van der Waals surface area contributed by atoms with Crippen LogP contribution in [0.25, 0.3) is 0 Å². The van der Waals surface area contributed by atoms with Crippen molar-refractivity contribution in [3.8, 4) is 0 Å². The van der Waals surface area contributed by atoms with Crippen molar-refractivity contribution in [1.82, 2.24) is 5.32 Å². The molecule has 16 heavy (non-hydrogen) atoms. The van der Waals surface area contributed by atoms with Crippen molar-refractivity contribution in [1.29, 1.82) is 0 Å². The van der Waals surface area contributed by atoms with Gasteiger partial charge in [0.1, 0.15) is 0 Å². The zero-order valence-corrected chi connectivity index (χ0v) is 9.61. The van der Waals surface area contributed by atoms with E-state index in [2.05, 4.69) is 5.32 Å². The predicted octanol–water partition coefficient (Wildman–Crippen LogP) is 0.483. The largest absolute Gasteiger partial charge is 0.481 e. The van der Waals surface area contributed by atoms with Crippen LogP contribution in [0.4, 0.5) is 0 Å². The monoisotopic (exact) mass is 228 g/mol. The zero-order chi connectivity index (χ0) is 12.1. The number of hydrogen-bond acceptors (Lipinski definition) is 3. The number of carbonyl (C=O) groups is 2. The van der Waals surface area contributed by atoms with Crippen LogP contribution in [0.5, 0.6) is 0 Å². The summed E-state index contributed by atoms with van der Waals surface area (Å²) >= 11 is 0. The van der Waals surface area contributed by atoms with Gasteiger partial charge in [-0.3, -0.25) is 9.59 Å². The van der Waals surface area contributed by atoms with Gasteiger partial charge in [-0.1, -0.05) is 6.92 Å². The predicted molar refractivity (Wildman–Crippen MR) is 59.8 cm³/mol. The van der Waals surface area contributed by atoms with Crippen LogP contribution in [-0.2, 0) is 9.59 Å². The van der Waals surface area contributed by atoms with E-state index >= 15 is 0 Å². The SMILES string of the molecule is CC[C@@H](N)C(=O)NC1CCC(C(=O)O)CC1. The molecule has 1 rings (SSSR count). The molecule has 1 fully saturated rings. The number of carbonyl (C=O) groups excluding carboxylic acids is 1. The Morgan fingerprint density at radius 2 is 1.94 bits per heavy atom. The second-order valence-electron chi connectivity index (χ2n) is 4.41. The number of carboxylic acids is 1. The first-order valence-electron chi connectivity index (χ1n) is 5.83. The standard InChI is InChI=1S/C11H20N2O3/c1-2-9(12)10(14)13-8-5-3-7(4-6-8)11(15)16/h7-9H,2-6,12H2,1H3,(H,13,14)(H,15,16)/t7?,8?,9-/m1/s1. The molecule has 5 heteroatoms. The molecule has 0 aromatic heterocycles. The molecule has 4 N–H and O–H groups in total. The minimum absolute atomic E-state index is 0.0979. The smallest absolute Gasteiger partial charge is 0.306 e. The van der Waals surface area contributed by atoms with E-state index in [1.54, 1.807) is 0 Å². The average molecular weight is 228 g/mol. The molecule has 0 spiro atoms. The highest BCUT2D eigenvalue weighted by molar-refractivity contribution is 5.81. The fourth-order valence-corrected chi connectivity index (χ4v) is 1.98. The summed E-state index contributed by atoms with van der Waals surface area (Å²) in [6, 6.07) is -0.349. The Balaban J connectivity index is 2.32. The summed E-state index contributed by atoms with van der Waals surface area (Å²) in [5.74, 6) is -1.09. The lowest BCUT2D eigenvalue weighted by Crippen LogP contribution is -2.46. The molecule has 92 valence electrons. The van der Waals surface area contributed by atoms with Crippen molar-refractivity contribution in [2.45, 2.75) is 51.1 Å². The van der Waals surface area contributed by atoms with Crippen molar-refractivity contribution >= 4 is 11.9 Å². The van der Waals surface area contributed by atoms with Crippen molar-refractivity contribution in [2.24, 2.45) is 11.7 Å². The number of carboxylic acid groups (broad SMARTS) is 1. The van der Waals surface area contributed by atoms with Gasteiger partial charge in [-0.15, -0.1) is 0 Å². The van der Waals surface area contributed by atoms with Crippen molar-refractivity contribution in [3.05, 3.63) is 0 Å². The van der Waals surface area contributed by atoms with E-state index in [9.17, 15) is 9.59 Å². The molecule has 0 heterocycles. The molecule has 0 aromatic carbocycles. The number of amides is 1. The van der Waals surface area contributed by atoms with Gasteiger partial charge in [0.2, 0.25) is 5.91 Å². The fraction of sp³-hybridized carbons (Fsp3) is 0.818. The van der Waals surface area contributed by atoms with Crippen LogP contribution < -0.4 is 11.1 Å². The molecular formula is C11H20N2O3. The highest BCUT2D eigenvalue weighted by Gasteiger charge is 2.27. The van der Waals surface area contributed by atoms with Crippen molar-refractivity contribution < 1.29 is 14.7 Å². The normalized spacial score (nSPS) is 27.1. The minimum Gasteiger partial charge on any atom is -0.481 e. The summed E-state index contributed by atoms with van der Waals surface area (Å²) in [6.45, 7) is 1.87. The van der Waals surface area contributed by atoms with Gasteiger partial charge in [-0.05, 0) is 32.1 Å². The molecule has 1 aliphatic carbocycles. The second kappa shape index (κ2) is 5.84. The summed E-state index contributed by atoms with van der Waals surface area (Å²) in [5.41, 5.74) is 5.60. The molecule has 5 nitrogen and oxygen atoms in total. The van der Waals surface area contributed by atoms with E-state index in [0.29, 0.717) is 19.3 Å². The van der Waals surface area contributed by atoms with Gasteiger partial charge >= 0.3 is 5.97 Å². The molecule has 1 atom stereocenters. The Hall–Kier alpha value is -1.10. The van der Waals surface area contributed by atoms with Crippen LogP contribution in [0.2, 0.25) is 0 Å². The van der Waals surface area contributed by atoms with Crippen molar-refractivity contribution in [2.75, 3.05) is 0 Å². The molecule has 1 aliphatic rings. The first-order chi connectivity index (χ1) is 7.54. The molecule has 0 aromatic rings. The minimum atomic E-state index is -0.727. The molecule has 1 amide bonds. The topological polar surface area (TPSA) is 92.4 Å². The Morgan fingerprint density at radius 3 is 2.38 bits per heavy atom. The van der Waals surface area contributed by atoms with Gasteiger partial charge in [0.15, 0.2) is 0 Å². The number of nitrogens with two attached hydrogens (primary N) is 1. The number of hydrogen-bond donors (Lipinski definition) is 3. The van der Waals surface area contributed by atoms with Crippen LogP contribution in [-0.4, -0.2) is 29.1 Å². The number of aliphatic carboxylic acids is 1. The summed E-state index contributed by atoms with van der Waals surface area (Å²) in [6.07, 6.45) is 3.37. The summed E-state index contributed by atoms with van der Waals surface area (Å²) in [7, 11) is 0. The maximum Gasteiger partial charge on any atom is 0.306 e.